The zero-order chi connectivity index (χ0) is 52.3. The Labute approximate surface area is 708 Å². The van der Waals surface area contributed by atoms with Crippen LogP contribution in [0.5, 0.6) is 0 Å². The molecule has 0 nitrogen and oxygen atoms in total. The Hall–Kier alpha value is 12.6. The molecule has 26 heteroatoms. The van der Waals surface area contributed by atoms with Crippen molar-refractivity contribution in [3.05, 3.63) is 96.6 Å². The molecular weight excluding hydrogens is 1960 g/mol. The van der Waals surface area contributed by atoms with Crippen LogP contribution in [0.15, 0.2) is 91.0 Å². The number of rotatable bonds is 10. The van der Waals surface area contributed by atoms with Crippen LogP contribution in [0.3, 0.4) is 0 Å². The van der Waals surface area contributed by atoms with E-state index in [0.717, 1.165) is 5.92 Å². The van der Waals surface area contributed by atoms with Gasteiger partial charge in [0.05, 0.1) is 0 Å². The van der Waals surface area contributed by atoms with Gasteiger partial charge >= 0.3 is 541 Å². The second-order valence-corrected chi connectivity index (χ2v) is 88.9. The number of benzene rings is 3. The van der Waals surface area contributed by atoms with Crippen molar-refractivity contribution in [2.75, 3.05) is 0 Å². The molecule has 412 valence electrons. The van der Waals surface area contributed by atoms with Gasteiger partial charge in [-0.05, 0) is 0 Å². The summed E-state index contributed by atoms with van der Waals surface area (Å²) >= 11 is 14.7. The van der Waals surface area contributed by atoms with E-state index in [0.29, 0.717) is 20.4 Å². The predicted molar refractivity (Wildman–Crippen MR) is 336 cm³/mol. The van der Waals surface area contributed by atoms with Gasteiger partial charge in [0.25, 0.3) is 0 Å². The van der Waals surface area contributed by atoms with Crippen molar-refractivity contribution in [1.29, 1.82) is 0 Å². The van der Waals surface area contributed by atoms with Gasteiger partial charge in [-0.15, -0.1) is 4.55 Å². The van der Waals surface area contributed by atoms with E-state index in [1.54, 1.807) is 0 Å². The van der Waals surface area contributed by atoms with E-state index in [1.165, 1.54) is 79.2 Å². The summed E-state index contributed by atoms with van der Waals surface area (Å²) in [7, 11) is 12.0. The molecule has 0 aromatic heterocycles. The first kappa shape index (κ1) is 144. The van der Waals surface area contributed by atoms with Crippen molar-refractivity contribution < 1.29 is 154 Å². The summed E-state index contributed by atoms with van der Waals surface area (Å²) in [6, 6.07) is 31.1. The molecule has 0 saturated heterocycles. The van der Waals surface area contributed by atoms with Crippen LogP contribution in [0, 0.1) is 5.92 Å². The molecule has 0 saturated carbocycles. The molecule has 0 fully saturated rings. The Bertz CT molecular complexity index is 1120. The Morgan fingerprint density at radius 2 is 0.720 bits per heavy atom. The number of hydrogen-bond acceptors (Lipinski definition) is 0. The molecule has 0 heterocycles. The molecule has 0 aliphatic heterocycles. The summed E-state index contributed by atoms with van der Waals surface area (Å²) < 4.78 is 14.6. The Morgan fingerprint density at radius 3 is 0.773 bits per heavy atom. The normalized spacial score (nSPS) is 7.96. The monoisotopic (exact) mass is 2050 g/mol. The van der Waals surface area contributed by atoms with Crippen molar-refractivity contribution in [3.63, 3.8) is 0 Å². The summed E-state index contributed by atoms with van der Waals surface area (Å²) in [6.07, 6.45) is 5.50. The van der Waals surface area contributed by atoms with Crippen LogP contribution in [0.4, 0.5) is 0 Å². The summed E-state index contributed by atoms with van der Waals surface area (Å²) in [6.45, 7) is 20.0. The van der Waals surface area contributed by atoms with Gasteiger partial charge in [-0.25, -0.2) is 0 Å². The van der Waals surface area contributed by atoms with Gasteiger partial charge in [0, 0.05) is 0 Å². The molecule has 0 N–H and O–H groups in total. The summed E-state index contributed by atoms with van der Waals surface area (Å²) in [5.74, 6) is 0.960. The number of unbranched alkanes of at least 4 members (excludes halogenated alkanes) is 2. The third kappa shape index (κ3) is 208. The van der Waals surface area contributed by atoms with Gasteiger partial charge in [-0.3, -0.25) is 0 Å². The fraction of sp³-hybridized carbons (Fsp3) is 0.633. The molecule has 0 aliphatic rings. The van der Waals surface area contributed by atoms with Gasteiger partial charge < -0.3 is 154 Å². The Kier molecular flexibility index (Phi) is 237. The molecule has 0 amide bonds. The van der Waals surface area contributed by atoms with Crippen LogP contribution in [-0.2, 0) is 4.55 Å². The van der Waals surface area contributed by atoms with E-state index in [2.05, 4.69) is 158 Å². The molecule has 3 aromatic rings. The van der Waals surface area contributed by atoms with Crippen LogP contribution in [-0.4, -0.2) is 262 Å². The zero-order valence-electron chi connectivity index (χ0n) is 50.3. The molecule has 0 radical (unpaired) electrons. The molecule has 3 rings (SSSR count). The van der Waals surface area contributed by atoms with E-state index in [-0.39, 0.29) is 171 Å². The molecule has 0 spiro atoms. The van der Waals surface area contributed by atoms with Crippen LogP contribution in [0.1, 0.15) is 93.6 Å². The third-order valence-corrected chi connectivity index (χ3v) is 27.3. The predicted octanol–water partition coefficient (Wildman–Crippen LogP) is -14.6. The number of hydrogen-bond donors (Lipinski definition) is 0. The maximum absolute atomic E-state index is 6.30. The standard InChI is InChI=1S/C7H7.2C6H5.3C4H9.5C2H5.8CH3.Al.5BrH.7ClH.HI.9Mg.3Sn/c1-7-5-3-2-4-6-7;2*1-2-4-6-5-3-1;1-4(2)3;2*1-3-4-2;5*1-2;;;;;;;;;;;;;;;;;;;;;;;;;;;;;;;;;;/h2-6H,1H2;2*1-5H;4H,1H2,2-3H3;2*1,3-4H2,2H3;5*1H2,2H3;8*1H3;;13*1H;;;;;;;;;;;;/q;;;;;;;;;;;;;;;;;;;+3;;;;;;;;;;;;;;;11*+1/p-13. The van der Waals surface area contributed by atoms with Crippen LogP contribution >= 0.6 is 30.5 Å². The second-order valence-electron chi connectivity index (χ2n) is 16.6. The quantitative estimate of drug-likeness (QED) is 0.140. The molecular formula is C49H93AlBr5Cl7IMg9Sn3+. The Balaban J connectivity index is -0.0000000244. The minimum atomic E-state index is -1.86. The number of halogens is 13. The zero-order valence-corrected chi connectivity index (χ0v) is 88.1. The van der Waals surface area contributed by atoms with Crippen molar-refractivity contribution >= 4 is 300 Å². The van der Waals surface area contributed by atoms with Crippen molar-refractivity contribution in [1.82, 2.24) is 0 Å². The van der Waals surface area contributed by atoms with E-state index in [4.69, 9.17) is 17.8 Å². The van der Waals surface area contributed by atoms with Gasteiger partial charge in [0.2, 0.25) is 0 Å². The molecule has 3 aromatic carbocycles. The van der Waals surface area contributed by atoms with Crippen molar-refractivity contribution in [2.45, 2.75) is 168 Å². The van der Waals surface area contributed by atoms with Crippen LogP contribution < -0.4 is 161 Å². The van der Waals surface area contributed by atoms with E-state index in [1.807, 2.05) is 221 Å². The third-order valence-electron chi connectivity index (χ3n) is 6.79. The topological polar surface area (TPSA) is 0 Å². The van der Waals surface area contributed by atoms with Crippen molar-refractivity contribution in [3.8, 4) is 0 Å². The second kappa shape index (κ2) is 124. The molecule has 0 bridgehead atoms. The molecule has 0 atom stereocenters. The van der Waals surface area contributed by atoms with Gasteiger partial charge in [-0.2, -0.15) is 5.05 Å². The van der Waals surface area contributed by atoms with Gasteiger partial charge in [0.15, 0.2) is 0 Å². The van der Waals surface area contributed by atoms with E-state index < -0.39 is 50.7 Å². The van der Waals surface area contributed by atoms with Gasteiger partial charge in [0.1, 0.15) is 0 Å². The van der Waals surface area contributed by atoms with E-state index in [9.17, 15) is 0 Å². The molecule has 0 aliphatic carbocycles. The fourth-order valence-electron chi connectivity index (χ4n) is 3.43. The van der Waals surface area contributed by atoms with Crippen LogP contribution in [0.2, 0.25) is 75.8 Å². The summed E-state index contributed by atoms with van der Waals surface area (Å²) in [5, 5.41) is 4.39. The SMILES string of the molecule is CCC[CH2][Mg+].CCC[CH2][Mg+].C[CH2][Mg+].C[CH2][Mg+].C[CH2][Sn]([Cl])([CH2]C)[CH2]C.[Al+3].[Br-].[Br-].[Br-].[Br-].[CH3][Mg+].[CH3][Mg][CH2]C(C)C.[CH3][Sn]([CH3])([CH3])[Br].[CH3][Sn]([CH3])([CH3])[Cl].[Cl-].[Cl-].[Cl-].[Cl-].[Cl-].[I-].[Mg+][CH2]c1ccccc1.[Mg+][c]1ccccc1.[Mg+][c]1ccccc1. The van der Waals surface area contributed by atoms with E-state index >= 15 is 0 Å². The Morgan fingerprint density at radius 1 is 0.520 bits per heavy atom. The molecule has 0 unspecified atom stereocenters. The summed E-state index contributed by atoms with van der Waals surface area (Å²) in [4.78, 5) is 13.4. The fourth-order valence-corrected chi connectivity index (χ4v) is 10.7. The first-order chi connectivity index (χ1) is 29.8. The first-order valence-electron chi connectivity index (χ1n) is 24.3. The maximum atomic E-state index is 6.30. The van der Waals surface area contributed by atoms with Crippen LogP contribution in [0.25, 0.3) is 0 Å². The van der Waals surface area contributed by atoms with Crippen molar-refractivity contribution in [2.24, 2.45) is 5.92 Å². The minimum absolute atomic E-state index is 0. The first-order valence-corrected chi connectivity index (χ1v) is 71.4. The molecule has 75 heavy (non-hydrogen) atoms. The average Bonchev–Trinajstić information content (AvgIpc) is 3.23. The summed E-state index contributed by atoms with van der Waals surface area (Å²) in [5.41, 5.74) is 1.42. The van der Waals surface area contributed by atoms with Gasteiger partial charge in [-0.1, -0.05) is 19.8 Å². The average molecular weight is 2060 g/mol.